The number of para-hydroxylation sites is 2. The average molecular weight is 419 g/mol. The molecule has 0 spiro atoms. The Labute approximate surface area is 164 Å². The molecule has 26 heavy (non-hydrogen) atoms. The molecule has 2 aliphatic carbocycles. The van der Waals surface area contributed by atoms with Crippen LogP contribution in [0.5, 0.6) is 11.5 Å². The van der Waals surface area contributed by atoms with Crippen molar-refractivity contribution in [3.05, 3.63) is 58.6 Å². The van der Waals surface area contributed by atoms with Crippen LogP contribution in [0.15, 0.2) is 53.0 Å². The van der Waals surface area contributed by atoms with E-state index in [1.807, 2.05) is 36.4 Å². The van der Waals surface area contributed by atoms with Crippen LogP contribution in [0.1, 0.15) is 50.0 Å². The average Bonchev–Trinajstić information content (AvgIpc) is 2.60. The second-order valence-corrected chi connectivity index (χ2v) is 7.25. The van der Waals surface area contributed by atoms with Crippen LogP contribution in [-0.2, 0) is 4.79 Å². The zero-order valence-electron chi connectivity index (χ0n) is 15.5. The summed E-state index contributed by atoms with van der Waals surface area (Å²) in [5, 5.41) is 0. The van der Waals surface area contributed by atoms with Crippen molar-refractivity contribution in [2.24, 2.45) is 0 Å². The molecule has 4 rings (SSSR count). The van der Waals surface area contributed by atoms with Gasteiger partial charge in [0.25, 0.3) is 0 Å². The summed E-state index contributed by atoms with van der Waals surface area (Å²) in [5.41, 5.74) is 1.39. The quantitative estimate of drug-likeness (QED) is 0.598. The van der Waals surface area contributed by atoms with E-state index < -0.39 is 0 Å². The molecule has 3 nitrogen and oxygen atoms in total. The van der Waals surface area contributed by atoms with Crippen molar-refractivity contribution >= 4 is 21.7 Å². The molecule has 0 bridgehead atoms. The van der Waals surface area contributed by atoms with Crippen molar-refractivity contribution in [1.29, 1.82) is 0 Å². The Morgan fingerprint density at radius 1 is 0.846 bits per heavy atom. The molecule has 0 saturated heterocycles. The summed E-state index contributed by atoms with van der Waals surface area (Å²) in [5.74, 6) is 3.13. The summed E-state index contributed by atoms with van der Waals surface area (Å²) < 4.78 is 11.3. The van der Waals surface area contributed by atoms with Crippen LogP contribution in [0.2, 0.25) is 0 Å². The molecule has 0 aromatic heterocycles. The third-order valence-electron chi connectivity index (χ3n) is 4.65. The van der Waals surface area contributed by atoms with Gasteiger partial charge < -0.3 is 9.47 Å². The third kappa shape index (κ3) is 6.17. The number of hydrogen-bond donors (Lipinski definition) is 0. The number of ether oxygens (including phenoxy) is 2. The summed E-state index contributed by atoms with van der Waals surface area (Å²) in [4.78, 5) is 9.90. The summed E-state index contributed by atoms with van der Waals surface area (Å²) in [6, 6.07) is 16.1. The smallest absolute Gasteiger partial charge is 0.133 e. The molecule has 0 radical (unpaired) electrons. The Morgan fingerprint density at radius 2 is 1.38 bits per heavy atom. The molecule has 2 aromatic carbocycles. The Morgan fingerprint density at radius 3 is 1.77 bits per heavy atom. The highest BCUT2D eigenvalue weighted by Crippen LogP contribution is 2.40. The zero-order valence-corrected chi connectivity index (χ0v) is 17.1. The van der Waals surface area contributed by atoms with Crippen LogP contribution in [0.4, 0.5) is 0 Å². The van der Waals surface area contributed by atoms with Gasteiger partial charge in [-0.25, -0.2) is 0 Å². The number of carbonyl (C=O) groups excluding carboxylic acids is 1. The first-order valence-electron chi connectivity index (χ1n) is 9.08. The number of Topliss-reactive ketones (excluding diaryl/α,β-unsaturated/α-hetero) is 1. The maximum Gasteiger partial charge on any atom is 0.133 e. The predicted octanol–water partition coefficient (Wildman–Crippen LogP) is 6.16. The number of hydrogen-bond acceptors (Lipinski definition) is 3. The molecule has 0 unspecified atom stereocenters. The lowest BCUT2D eigenvalue weighted by atomic mass is 9.80. The van der Waals surface area contributed by atoms with Gasteiger partial charge in [-0.1, -0.05) is 36.8 Å². The van der Waals surface area contributed by atoms with Gasteiger partial charge in [-0.15, -0.1) is 0 Å². The van der Waals surface area contributed by atoms with Gasteiger partial charge in [-0.2, -0.15) is 0 Å². The van der Waals surface area contributed by atoms with Crippen LogP contribution in [-0.4, -0.2) is 20.0 Å². The Bertz CT molecular complexity index is 689. The van der Waals surface area contributed by atoms with Crippen LogP contribution >= 0.6 is 15.9 Å². The lowest BCUT2D eigenvalue weighted by molar-refractivity contribution is -0.123. The van der Waals surface area contributed by atoms with Gasteiger partial charge in [0.1, 0.15) is 17.3 Å². The number of carbonyl (C=O) groups is 1. The molecule has 0 heterocycles. The number of methoxy groups -OCH3 is 2. The first-order chi connectivity index (χ1) is 12.7. The fourth-order valence-corrected chi connectivity index (χ4v) is 3.10. The van der Waals surface area contributed by atoms with E-state index in [0.717, 1.165) is 41.2 Å². The van der Waals surface area contributed by atoms with Crippen LogP contribution < -0.4 is 9.47 Å². The monoisotopic (exact) mass is 418 g/mol. The van der Waals surface area contributed by atoms with Crippen molar-refractivity contribution in [3.63, 3.8) is 0 Å². The van der Waals surface area contributed by atoms with Crippen LogP contribution in [0.3, 0.4) is 0 Å². The number of halogens is 1. The molecule has 2 aliphatic rings. The highest BCUT2D eigenvalue weighted by atomic mass is 79.9. The van der Waals surface area contributed by atoms with Gasteiger partial charge in [0.05, 0.1) is 18.7 Å². The highest BCUT2D eigenvalue weighted by molar-refractivity contribution is 9.10. The molecule has 140 valence electrons. The fourth-order valence-electron chi connectivity index (χ4n) is 2.65. The second-order valence-electron chi connectivity index (χ2n) is 6.40. The molecule has 0 amide bonds. The van der Waals surface area contributed by atoms with Crippen molar-refractivity contribution in [1.82, 2.24) is 0 Å². The summed E-state index contributed by atoms with van der Waals surface area (Å²) in [6.45, 7) is 0. The maximum absolute atomic E-state index is 9.90. The molecule has 0 N–H and O–H groups in total. The highest BCUT2D eigenvalue weighted by Gasteiger charge is 2.21. The Balaban J connectivity index is 0.000000153. The van der Waals surface area contributed by atoms with Gasteiger partial charge in [0.2, 0.25) is 0 Å². The van der Waals surface area contributed by atoms with Gasteiger partial charge >= 0.3 is 0 Å². The second kappa shape index (κ2) is 11.0. The van der Waals surface area contributed by atoms with Gasteiger partial charge in [-0.05, 0) is 64.9 Å². The summed E-state index contributed by atoms with van der Waals surface area (Å²) in [7, 11) is 3.40. The van der Waals surface area contributed by atoms with E-state index >= 15 is 0 Å². The topological polar surface area (TPSA) is 35.5 Å². The molecular formula is C22H27BrO3. The zero-order chi connectivity index (χ0) is 18.8. The fraction of sp³-hybridized carbons (Fsp3) is 0.409. The van der Waals surface area contributed by atoms with Crippen molar-refractivity contribution in [2.45, 2.75) is 44.4 Å². The first-order valence-corrected chi connectivity index (χ1v) is 9.88. The number of benzene rings is 2. The standard InChI is InChI=1S/C11H14O.C7H7BrO.C4H6O/c1-12-11-8-3-2-7-10(11)9-5-4-6-9;1-9-7-5-3-2-4-6(7)8;5-4-2-1-3-4/h2-3,7-9H,4-6H2,1H3;2-5H,1H3;1-3H2. The minimum absolute atomic E-state index is 0.435. The van der Waals surface area contributed by atoms with Gasteiger partial charge in [0, 0.05) is 12.8 Å². The van der Waals surface area contributed by atoms with Crippen molar-refractivity contribution in [2.75, 3.05) is 14.2 Å². The van der Waals surface area contributed by atoms with Crippen LogP contribution in [0.25, 0.3) is 0 Å². The SMILES string of the molecule is COc1ccccc1Br.COc1ccccc1C1CCC1.O=C1CCC1. The molecule has 2 aromatic rings. The van der Waals surface area contributed by atoms with E-state index in [1.165, 1.54) is 24.8 Å². The first kappa shape index (κ1) is 20.5. The minimum atomic E-state index is 0.435. The van der Waals surface area contributed by atoms with Gasteiger partial charge in [0.15, 0.2) is 0 Å². The van der Waals surface area contributed by atoms with Crippen molar-refractivity contribution < 1.29 is 14.3 Å². The van der Waals surface area contributed by atoms with E-state index in [0.29, 0.717) is 5.78 Å². The largest absolute Gasteiger partial charge is 0.496 e. The lowest BCUT2D eigenvalue weighted by Crippen LogP contribution is -2.09. The maximum atomic E-state index is 9.90. The molecule has 0 atom stereocenters. The minimum Gasteiger partial charge on any atom is -0.496 e. The van der Waals surface area contributed by atoms with E-state index in [2.05, 4.69) is 28.1 Å². The summed E-state index contributed by atoms with van der Waals surface area (Å²) >= 11 is 3.33. The molecule has 2 fully saturated rings. The lowest BCUT2D eigenvalue weighted by Gasteiger charge is -2.27. The van der Waals surface area contributed by atoms with Crippen LogP contribution in [0, 0.1) is 0 Å². The Hall–Kier alpha value is -1.81. The predicted molar refractivity (Wildman–Crippen MR) is 109 cm³/mol. The Kier molecular flexibility index (Phi) is 8.69. The van der Waals surface area contributed by atoms with Gasteiger partial charge in [-0.3, -0.25) is 4.79 Å². The van der Waals surface area contributed by atoms with E-state index in [1.54, 1.807) is 14.2 Å². The normalized spacial score (nSPS) is 15.3. The molecule has 2 saturated carbocycles. The van der Waals surface area contributed by atoms with E-state index in [-0.39, 0.29) is 0 Å². The number of ketones is 1. The molecule has 4 heteroatoms. The van der Waals surface area contributed by atoms with Crippen molar-refractivity contribution in [3.8, 4) is 11.5 Å². The third-order valence-corrected chi connectivity index (χ3v) is 5.31. The molecular weight excluding hydrogens is 392 g/mol. The molecule has 0 aliphatic heterocycles. The van der Waals surface area contributed by atoms with E-state index in [4.69, 9.17) is 9.47 Å². The summed E-state index contributed by atoms with van der Waals surface area (Å²) in [6.07, 6.45) is 6.88. The number of rotatable bonds is 3. The van der Waals surface area contributed by atoms with E-state index in [9.17, 15) is 4.79 Å².